The highest BCUT2D eigenvalue weighted by Gasteiger charge is 2.53. The lowest BCUT2D eigenvalue weighted by Gasteiger charge is -2.29. The van der Waals surface area contributed by atoms with Crippen molar-refractivity contribution in [3.63, 3.8) is 0 Å². The Morgan fingerprint density at radius 3 is 2.04 bits per heavy atom. The van der Waals surface area contributed by atoms with Crippen molar-refractivity contribution < 1.29 is 24.0 Å². The maximum absolute atomic E-state index is 12.9. The van der Waals surface area contributed by atoms with Gasteiger partial charge >= 0.3 is 11.9 Å². The quantitative estimate of drug-likeness (QED) is 0.323. The second-order valence-electron chi connectivity index (χ2n) is 5.22. The zero-order chi connectivity index (χ0) is 19.2. The molecule has 0 unspecified atom stereocenters. The van der Waals surface area contributed by atoms with E-state index in [4.69, 9.17) is 9.47 Å². The van der Waals surface area contributed by atoms with Crippen LogP contribution in [-0.4, -0.2) is 35.1 Å². The predicted molar refractivity (Wildman–Crippen MR) is 91.4 cm³/mol. The first-order chi connectivity index (χ1) is 12.5. The number of rotatable bonds is 7. The van der Waals surface area contributed by atoms with Gasteiger partial charge in [0.05, 0.1) is 23.8 Å². The van der Waals surface area contributed by atoms with Crippen molar-refractivity contribution in [1.82, 2.24) is 4.98 Å². The number of ether oxygens (including phenoxy) is 2. The smallest absolute Gasteiger partial charge is 0.334 e. The van der Waals surface area contributed by atoms with Gasteiger partial charge in [-0.1, -0.05) is 30.3 Å². The minimum absolute atomic E-state index is 0.00815. The number of hydrogen-bond acceptors (Lipinski definition) is 7. The van der Waals surface area contributed by atoms with Crippen molar-refractivity contribution in [1.29, 1.82) is 0 Å². The summed E-state index contributed by atoms with van der Waals surface area (Å²) in [6, 6.07) is 10.7. The van der Waals surface area contributed by atoms with Gasteiger partial charge in [-0.05, 0) is 25.5 Å². The minimum atomic E-state index is -1.97. The molecule has 1 aromatic heterocycles. The lowest BCUT2D eigenvalue weighted by Crippen LogP contribution is -2.47. The monoisotopic (exact) mass is 358 g/mol. The Balaban J connectivity index is 2.74. The molecule has 0 atom stereocenters. The number of hydrogen-bond donors (Lipinski definition) is 0. The van der Waals surface area contributed by atoms with Gasteiger partial charge in [0, 0.05) is 6.07 Å². The zero-order valence-corrected chi connectivity index (χ0v) is 14.4. The van der Waals surface area contributed by atoms with Crippen LogP contribution in [0, 0.1) is 10.1 Å². The summed E-state index contributed by atoms with van der Waals surface area (Å²) in [5, 5.41) is 10.9. The lowest BCUT2D eigenvalue weighted by molar-refractivity contribution is -0.385. The van der Waals surface area contributed by atoms with Crippen molar-refractivity contribution in [2.75, 3.05) is 13.2 Å². The number of nitro groups is 1. The molecule has 0 radical (unpaired) electrons. The SMILES string of the molecule is CCOC(=O)C(C(=O)OCC)(c1ccccc1)c1ccc([N+](=O)[O-])cn1. The number of benzene rings is 1. The molecule has 0 bridgehead atoms. The van der Waals surface area contributed by atoms with Crippen LogP contribution in [0.25, 0.3) is 0 Å². The molecular weight excluding hydrogens is 340 g/mol. The Morgan fingerprint density at radius 1 is 1.04 bits per heavy atom. The molecule has 1 heterocycles. The lowest BCUT2D eigenvalue weighted by atomic mass is 9.77. The molecule has 26 heavy (non-hydrogen) atoms. The van der Waals surface area contributed by atoms with E-state index in [1.807, 2.05) is 0 Å². The topological polar surface area (TPSA) is 109 Å². The third-order valence-corrected chi connectivity index (χ3v) is 3.71. The summed E-state index contributed by atoms with van der Waals surface area (Å²) in [5.74, 6) is -1.71. The molecule has 0 aliphatic rings. The molecule has 0 fully saturated rings. The van der Waals surface area contributed by atoms with Crippen LogP contribution >= 0.6 is 0 Å². The first-order valence-corrected chi connectivity index (χ1v) is 7.99. The van der Waals surface area contributed by atoms with Gasteiger partial charge in [0.25, 0.3) is 5.69 Å². The van der Waals surface area contributed by atoms with E-state index in [0.717, 1.165) is 6.20 Å². The molecule has 8 heteroatoms. The largest absolute Gasteiger partial charge is 0.465 e. The minimum Gasteiger partial charge on any atom is -0.465 e. The van der Waals surface area contributed by atoms with Crippen LogP contribution in [0.15, 0.2) is 48.7 Å². The van der Waals surface area contributed by atoms with Crippen LogP contribution in [0.3, 0.4) is 0 Å². The number of nitrogens with zero attached hydrogens (tertiary/aromatic N) is 2. The maximum Gasteiger partial charge on any atom is 0.334 e. The number of carbonyl (C=O) groups excluding carboxylic acids is 2. The van der Waals surface area contributed by atoms with E-state index in [0.29, 0.717) is 5.56 Å². The van der Waals surface area contributed by atoms with E-state index in [2.05, 4.69) is 4.98 Å². The van der Waals surface area contributed by atoms with Gasteiger partial charge < -0.3 is 9.47 Å². The van der Waals surface area contributed by atoms with Crippen molar-refractivity contribution in [3.05, 3.63) is 70.0 Å². The summed E-state index contributed by atoms with van der Waals surface area (Å²) in [6.45, 7) is 3.31. The summed E-state index contributed by atoms with van der Waals surface area (Å²) in [6.07, 6.45) is 0.992. The molecule has 2 aromatic rings. The van der Waals surface area contributed by atoms with Crippen LogP contribution in [0.1, 0.15) is 25.1 Å². The molecular formula is C18H18N2O6. The van der Waals surface area contributed by atoms with E-state index in [-0.39, 0.29) is 24.6 Å². The predicted octanol–water partition coefficient (Wildman–Crippen LogP) is 2.40. The van der Waals surface area contributed by atoms with E-state index < -0.39 is 22.3 Å². The van der Waals surface area contributed by atoms with Crippen molar-refractivity contribution in [3.8, 4) is 0 Å². The van der Waals surface area contributed by atoms with Gasteiger partial charge in [-0.2, -0.15) is 0 Å². The first-order valence-electron chi connectivity index (χ1n) is 7.99. The molecule has 0 amide bonds. The second kappa shape index (κ2) is 8.19. The highest BCUT2D eigenvalue weighted by atomic mass is 16.6. The van der Waals surface area contributed by atoms with Crippen LogP contribution in [-0.2, 0) is 24.5 Å². The Labute approximate surface area is 149 Å². The highest BCUT2D eigenvalue weighted by Crippen LogP contribution is 2.35. The van der Waals surface area contributed by atoms with Gasteiger partial charge in [-0.3, -0.25) is 24.7 Å². The summed E-state index contributed by atoms with van der Waals surface area (Å²) >= 11 is 0. The average Bonchev–Trinajstić information content (AvgIpc) is 2.64. The van der Waals surface area contributed by atoms with E-state index in [1.54, 1.807) is 44.2 Å². The third kappa shape index (κ3) is 3.39. The van der Waals surface area contributed by atoms with Gasteiger partial charge in [-0.25, -0.2) is 0 Å². The van der Waals surface area contributed by atoms with Gasteiger partial charge in [0.2, 0.25) is 5.41 Å². The molecule has 0 saturated heterocycles. The third-order valence-electron chi connectivity index (χ3n) is 3.71. The summed E-state index contributed by atoms with van der Waals surface area (Å²) in [7, 11) is 0. The van der Waals surface area contributed by atoms with Crippen LogP contribution in [0.5, 0.6) is 0 Å². The molecule has 0 aliphatic carbocycles. The van der Waals surface area contributed by atoms with Crippen molar-refractivity contribution in [2.24, 2.45) is 0 Å². The molecule has 2 rings (SSSR count). The average molecular weight is 358 g/mol. The summed E-state index contributed by atoms with van der Waals surface area (Å²) in [5.41, 5.74) is -1.93. The number of esters is 2. The zero-order valence-electron chi connectivity index (χ0n) is 14.4. The standard InChI is InChI=1S/C18H18N2O6/c1-3-25-16(21)18(17(22)26-4-2,13-8-6-5-7-9-13)15-11-10-14(12-19-15)20(23)24/h5-12H,3-4H2,1-2H3. The second-order valence-corrected chi connectivity index (χ2v) is 5.22. The molecule has 0 N–H and O–H groups in total. The number of pyridine rings is 1. The molecule has 0 aliphatic heterocycles. The normalized spacial score (nSPS) is 10.8. The van der Waals surface area contributed by atoms with Gasteiger partial charge in [0.15, 0.2) is 0 Å². The molecule has 1 aromatic carbocycles. The van der Waals surface area contributed by atoms with Gasteiger partial charge in [0.1, 0.15) is 6.20 Å². The Kier molecular flexibility index (Phi) is 6.00. The first kappa shape index (κ1) is 19.0. The van der Waals surface area contributed by atoms with Crippen LogP contribution in [0.2, 0.25) is 0 Å². The van der Waals surface area contributed by atoms with Gasteiger partial charge in [-0.15, -0.1) is 0 Å². The maximum atomic E-state index is 12.9. The molecule has 8 nitrogen and oxygen atoms in total. The fourth-order valence-corrected chi connectivity index (χ4v) is 2.56. The highest BCUT2D eigenvalue weighted by molar-refractivity contribution is 6.09. The van der Waals surface area contributed by atoms with Crippen molar-refractivity contribution >= 4 is 17.6 Å². The molecule has 136 valence electrons. The van der Waals surface area contributed by atoms with Crippen LogP contribution in [0.4, 0.5) is 5.69 Å². The Bertz CT molecular complexity index is 771. The van der Waals surface area contributed by atoms with Crippen molar-refractivity contribution in [2.45, 2.75) is 19.3 Å². The van der Waals surface area contributed by atoms with Crippen LogP contribution < -0.4 is 0 Å². The van der Waals surface area contributed by atoms with E-state index in [9.17, 15) is 19.7 Å². The summed E-state index contributed by atoms with van der Waals surface area (Å²) in [4.78, 5) is 40.1. The molecule has 0 spiro atoms. The summed E-state index contributed by atoms with van der Waals surface area (Å²) < 4.78 is 10.3. The van der Waals surface area contributed by atoms with E-state index >= 15 is 0 Å². The number of aromatic nitrogens is 1. The Hall–Kier alpha value is -3.29. The fourth-order valence-electron chi connectivity index (χ4n) is 2.56. The number of carbonyl (C=O) groups is 2. The fraction of sp³-hybridized carbons (Fsp3) is 0.278. The Morgan fingerprint density at radius 2 is 1.62 bits per heavy atom. The molecule has 0 saturated carbocycles. The van der Waals surface area contributed by atoms with E-state index in [1.165, 1.54) is 12.1 Å².